The highest BCUT2D eigenvalue weighted by Gasteiger charge is 2.20. The highest BCUT2D eigenvalue weighted by molar-refractivity contribution is 5.53. The zero-order chi connectivity index (χ0) is 10.7. The topological polar surface area (TPSA) is 59.2 Å². The first-order chi connectivity index (χ1) is 7.28. The molecular weight excluding hydrogens is 194 g/mol. The minimum absolute atomic E-state index is 0.169. The van der Waals surface area contributed by atoms with Gasteiger partial charge in [0.05, 0.1) is 6.54 Å². The predicted molar refractivity (Wildman–Crippen MR) is 53.1 cm³/mol. The Bertz CT molecular complexity index is 337. The monoisotopic (exact) mass is 209 g/mol. The SMILES string of the molecule is Cc1nnc(CN2CCCC(C=O)C2)o1. The third kappa shape index (κ3) is 2.62. The Balaban J connectivity index is 1.91. The maximum absolute atomic E-state index is 10.7. The smallest absolute Gasteiger partial charge is 0.230 e. The number of nitrogens with zero attached hydrogens (tertiary/aromatic N) is 3. The third-order valence-corrected chi connectivity index (χ3v) is 2.66. The molecule has 0 aliphatic carbocycles. The summed E-state index contributed by atoms with van der Waals surface area (Å²) in [5, 5.41) is 7.72. The molecule has 2 heterocycles. The molecule has 0 radical (unpaired) electrons. The van der Waals surface area contributed by atoms with E-state index >= 15 is 0 Å². The molecule has 0 aromatic carbocycles. The molecule has 1 aromatic rings. The summed E-state index contributed by atoms with van der Waals surface area (Å²) in [5.41, 5.74) is 0. The van der Waals surface area contributed by atoms with Crippen molar-refractivity contribution in [2.75, 3.05) is 13.1 Å². The molecule has 1 aliphatic heterocycles. The van der Waals surface area contributed by atoms with Gasteiger partial charge in [0.2, 0.25) is 11.8 Å². The molecule has 2 rings (SSSR count). The molecular formula is C10H15N3O2. The van der Waals surface area contributed by atoms with Crippen molar-refractivity contribution in [2.24, 2.45) is 5.92 Å². The number of likely N-dealkylation sites (tertiary alicyclic amines) is 1. The van der Waals surface area contributed by atoms with Crippen LogP contribution in [0.1, 0.15) is 24.6 Å². The zero-order valence-corrected chi connectivity index (χ0v) is 8.85. The van der Waals surface area contributed by atoms with Crippen LogP contribution in [0, 0.1) is 12.8 Å². The predicted octanol–water partition coefficient (Wildman–Crippen LogP) is 0.789. The second kappa shape index (κ2) is 4.53. The van der Waals surface area contributed by atoms with Gasteiger partial charge in [-0.1, -0.05) is 0 Å². The molecule has 5 nitrogen and oxygen atoms in total. The largest absolute Gasteiger partial charge is 0.424 e. The minimum atomic E-state index is 0.169. The van der Waals surface area contributed by atoms with E-state index in [1.807, 2.05) is 0 Å². The first kappa shape index (κ1) is 10.3. The lowest BCUT2D eigenvalue weighted by Crippen LogP contribution is -2.35. The van der Waals surface area contributed by atoms with E-state index in [4.69, 9.17) is 4.42 Å². The highest BCUT2D eigenvalue weighted by atomic mass is 16.4. The Hall–Kier alpha value is -1.23. The van der Waals surface area contributed by atoms with E-state index in [-0.39, 0.29) is 5.92 Å². The van der Waals surface area contributed by atoms with Crippen LogP contribution < -0.4 is 0 Å². The number of piperidine rings is 1. The molecule has 0 amide bonds. The summed E-state index contributed by atoms with van der Waals surface area (Å²) in [5.74, 6) is 1.40. The van der Waals surface area contributed by atoms with Crippen molar-refractivity contribution in [1.29, 1.82) is 0 Å². The van der Waals surface area contributed by atoms with Crippen LogP contribution >= 0.6 is 0 Å². The second-order valence-electron chi connectivity index (χ2n) is 3.99. The van der Waals surface area contributed by atoms with Crippen molar-refractivity contribution in [3.05, 3.63) is 11.8 Å². The third-order valence-electron chi connectivity index (χ3n) is 2.66. The molecule has 0 saturated carbocycles. The fraction of sp³-hybridized carbons (Fsp3) is 0.700. The van der Waals surface area contributed by atoms with Gasteiger partial charge in [0.15, 0.2) is 0 Å². The maximum atomic E-state index is 10.7. The molecule has 1 atom stereocenters. The summed E-state index contributed by atoms with van der Waals surface area (Å²) < 4.78 is 5.30. The van der Waals surface area contributed by atoms with Gasteiger partial charge in [-0.25, -0.2) is 0 Å². The number of aldehydes is 1. The van der Waals surface area contributed by atoms with Gasteiger partial charge in [-0.15, -0.1) is 10.2 Å². The number of rotatable bonds is 3. The van der Waals surface area contributed by atoms with E-state index in [9.17, 15) is 4.79 Å². The van der Waals surface area contributed by atoms with E-state index in [1.54, 1.807) is 6.92 Å². The van der Waals surface area contributed by atoms with E-state index in [2.05, 4.69) is 15.1 Å². The summed E-state index contributed by atoms with van der Waals surface area (Å²) >= 11 is 0. The Morgan fingerprint density at radius 3 is 3.13 bits per heavy atom. The van der Waals surface area contributed by atoms with Crippen LogP contribution in [0.25, 0.3) is 0 Å². The molecule has 0 N–H and O–H groups in total. The van der Waals surface area contributed by atoms with Crippen molar-refractivity contribution >= 4 is 6.29 Å². The van der Waals surface area contributed by atoms with Gasteiger partial charge in [-0.3, -0.25) is 4.90 Å². The number of aryl methyl sites for hydroxylation is 1. The Kier molecular flexibility index (Phi) is 3.11. The molecule has 1 aromatic heterocycles. The fourth-order valence-corrected chi connectivity index (χ4v) is 1.94. The summed E-state index contributed by atoms with van der Waals surface area (Å²) in [6.07, 6.45) is 3.12. The average Bonchev–Trinajstić information content (AvgIpc) is 2.64. The van der Waals surface area contributed by atoms with Crippen molar-refractivity contribution in [3.63, 3.8) is 0 Å². The van der Waals surface area contributed by atoms with Crippen LogP contribution in [-0.2, 0) is 11.3 Å². The van der Waals surface area contributed by atoms with Gasteiger partial charge < -0.3 is 9.21 Å². The summed E-state index contributed by atoms with van der Waals surface area (Å²) in [6.45, 7) is 4.25. The van der Waals surface area contributed by atoms with Gasteiger partial charge in [0.1, 0.15) is 6.29 Å². The van der Waals surface area contributed by atoms with Crippen molar-refractivity contribution in [3.8, 4) is 0 Å². The Labute approximate surface area is 88.5 Å². The lowest BCUT2D eigenvalue weighted by Gasteiger charge is -2.28. The standard InChI is InChI=1S/C10H15N3O2/c1-8-11-12-10(15-8)6-13-4-2-3-9(5-13)7-14/h7,9H,2-6H2,1H3. The van der Waals surface area contributed by atoms with Crippen LogP contribution in [0.4, 0.5) is 0 Å². The fourth-order valence-electron chi connectivity index (χ4n) is 1.94. The molecule has 1 aliphatic rings. The molecule has 0 bridgehead atoms. The van der Waals surface area contributed by atoms with Gasteiger partial charge in [0, 0.05) is 19.4 Å². The molecule has 82 valence electrons. The lowest BCUT2D eigenvalue weighted by molar-refractivity contribution is -0.112. The van der Waals surface area contributed by atoms with Crippen LogP contribution in [0.15, 0.2) is 4.42 Å². The van der Waals surface area contributed by atoms with E-state index in [1.165, 1.54) is 0 Å². The first-order valence-corrected chi connectivity index (χ1v) is 5.24. The highest BCUT2D eigenvalue weighted by Crippen LogP contribution is 2.16. The molecule has 1 fully saturated rings. The Morgan fingerprint density at radius 1 is 1.60 bits per heavy atom. The van der Waals surface area contributed by atoms with Crippen molar-refractivity contribution < 1.29 is 9.21 Å². The number of carbonyl (C=O) groups is 1. The number of hydrogen-bond donors (Lipinski definition) is 0. The minimum Gasteiger partial charge on any atom is -0.424 e. The number of aromatic nitrogens is 2. The van der Waals surface area contributed by atoms with Crippen molar-refractivity contribution in [2.45, 2.75) is 26.3 Å². The normalized spacial score (nSPS) is 22.9. The molecule has 15 heavy (non-hydrogen) atoms. The van der Waals surface area contributed by atoms with Crippen molar-refractivity contribution in [1.82, 2.24) is 15.1 Å². The van der Waals surface area contributed by atoms with E-state index < -0.39 is 0 Å². The summed E-state index contributed by atoms with van der Waals surface area (Å²) in [4.78, 5) is 12.9. The molecule has 1 unspecified atom stereocenters. The van der Waals surface area contributed by atoms with Gasteiger partial charge in [-0.2, -0.15) is 0 Å². The van der Waals surface area contributed by atoms with Gasteiger partial charge in [-0.05, 0) is 19.4 Å². The Morgan fingerprint density at radius 2 is 2.47 bits per heavy atom. The van der Waals surface area contributed by atoms with Crippen LogP contribution in [0.2, 0.25) is 0 Å². The number of carbonyl (C=O) groups excluding carboxylic acids is 1. The summed E-state index contributed by atoms with van der Waals surface area (Å²) in [7, 11) is 0. The average molecular weight is 209 g/mol. The maximum Gasteiger partial charge on any atom is 0.230 e. The molecule has 5 heteroatoms. The molecule has 0 spiro atoms. The second-order valence-corrected chi connectivity index (χ2v) is 3.99. The van der Waals surface area contributed by atoms with E-state index in [0.717, 1.165) is 32.2 Å². The van der Waals surface area contributed by atoms with Gasteiger partial charge in [0.25, 0.3) is 0 Å². The van der Waals surface area contributed by atoms with Crippen LogP contribution in [0.3, 0.4) is 0 Å². The molecule has 1 saturated heterocycles. The lowest BCUT2D eigenvalue weighted by atomic mass is 10.00. The van der Waals surface area contributed by atoms with Gasteiger partial charge >= 0.3 is 0 Å². The van der Waals surface area contributed by atoms with Crippen LogP contribution in [-0.4, -0.2) is 34.5 Å². The van der Waals surface area contributed by atoms with E-state index in [0.29, 0.717) is 18.3 Å². The summed E-state index contributed by atoms with van der Waals surface area (Å²) in [6, 6.07) is 0. The van der Waals surface area contributed by atoms with Crippen LogP contribution in [0.5, 0.6) is 0 Å². The number of hydrogen-bond acceptors (Lipinski definition) is 5. The first-order valence-electron chi connectivity index (χ1n) is 5.24. The quantitative estimate of drug-likeness (QED) is 0.689. The zero-order valence-electron chi connectivity index (χ0n) is 8.85.